The van der Waals surface area contributed by atoms with Crippen molar-refractivity contribution >= 4 is 17.1 Å². The lowest BCUT2D eigenvalue weighted by Crippen LogP contribution is -2.00. The van der Waals surface area contributed by atoms with E-state index < -0.39 is 0 Å². The first kappa shape index (κ1) is 11.0. The van der Waals surface area contributed by atoms with Crippen LogP contribution in [0.4, 0.5) is 0 Å². The topological polar surface area (TPSA) is 47.8 Å². The summed E-state index contributed by atoms with van der Waals surface area (Å²) in [5.74, 6) is 0.0550. The molecule has 0 fully saturated rings. The van der Waals surface area contributed by atoms with E-state index in [-0.39, 0.29) is 5.78 Å². The van der Waals surface area contributed by atoms with Gasteiger partial charge in [0.1, 0.15) is 5.01 Å². The van der Waals surface area contributed by atoms with Crippen molar-refractivity contribution in [1.29, 1.82) is 0 Å². The van der Waals surface area contributed by atoms with E-state index in [1.165, 1.54) is 11.3 Å². The van der Waals surface area contributed by atoms with Gasteiger partial charge in [-0.3, -0.25) is 4.79 Å². The van der Waals surface area contributed by atoms with Gasteiger partial charge in [0.2, 0.25) is 0 Å². The molecule has 0 bridgehead atoms. The van der Waals surface area contributed by atoms with Crippen molar-refractivity contribution in [2.24, 2.45) is 0 Å². The first-order valence-corrected chi connectivity index (χ1v) is 5.90. The predicted octanol–water partition coefficient (Wildman–Crippen LogP) is 2.79. The van der Waals surface area contributed by atoms with Crippen LogP contribution in [0, 0.1) is 0 Å². The molecule has 2 rings (SSSR count). The third kappa shape index (κ3) is 1.90. The molecule has 0 aliphatic carbocycles. The maximum absolute atomic E-state index is 11.2. The molecule has 2 heterocycles. The Morgan fingerprint density at radius 2 is 2.19 bits per heavy atom. The molecule has 0 aliphatic heterocycles. The Balaban J connectivity index is 2.42. The normalized spacial score (nSPS) is 11.0. The van der Waals surface area contributed by atoms with Gasteiger partial charge < -0.3 is 4.57 Å². The van der Waals surface area contributed by atoms with E-state index in [1.54, 1.807) is 25.6 Å². The molecule has 0 saturated heterocycles. The maximum atomic E-state index is 11.2. The number of hydrogen-bond acceptors (Lipinski definition) is 4. The molecule has 0 saturated carbocycles. The lowest BCUT2D eigenvalue weighted by Gasteiger charge is -2.09. The Morgan fingerprint density at radius 3 is 2.75 bits per heavy atom. The lowest BCUT2D eigenvalue weighted by atomic mass is 10.3. The Morgan fingerprint density at radius 1 is 1.44 bits per heavy atom. The SMILES string of the molecule is CC(=O)c1cnc(-c2cncn2C(C)C)s1. The summed E-state index contributed by atoms with van der Waals surface area (Å²) in [5.41, 5.74) is 0.965. The number of hydrogen-bond donors (Lipinski definition) is 0. The van der Waals surface area contributed by atoms with Crippen molar-refractivity contribution in [2.45, 2.75) is 26.8 Å². The number of rotatable bonds is 3. The zero-order chi connectivity index (χ0) is 11.7. The van der Waals surface area contributed by atoms with Gasteiger partial charge in [-0.05, 0) is 13.8 Å². The number of imidazole rings is 1. The van der Waals surface area contributed by atoms with E-state index in [0.29, 0.717) is 10.9 Å². The molecule has 2 aromatic heterocycles. The molecule has 0 unspecified atom stereocenters. The Labute approximate surface area is 98.0 Å². The highest BCUT2D eigenvalue weighted by Gasteiger charge is 2.13. The molecule has 0 atom stereocenters. The summed E-state index contributed by atoms with van der Waals surface area (Å²) in [5, 5.41) is 0.844. The van der Waals surface area contributed by atoms with Crippen LogP contribution in [0.15, 0.2) is 18.7 Å². The van der Waals surface area contributed by atoms with E-state index in [4.69, 9.17) is 0 Å². The monoisotopic (exact) mass is 235 g/mol. The van der Waals surface area contributed by atoms with Crippen molar-refractivity contribution in [1.82, 2.24) is 14.5 Å². The zero-order valence-corrected chi connectivity index (χ0v) is 10.3. The fourth-order valence-corrected chi connectivity index (χ4v) is 2.26. The summed E-state index contributed by atoms with van der Waals surface area (Å²) in [6.07, 6.45) is 5.19. The van der Waals surface area contributed by atoms with Gasteiger partial charge in [-0.25, -0.2) is 9.97 Å². The van der Waals surface area contributed by atoms with Crippen molar-refractivity contribution in [2.75, 3.05) is 0 Å². The third-order valence-electron chi connectivity index (χ3n) is 2.29. The summed E-state index contributed by atoms with van der Waals surface area (Å²) in [7, 11) is 0. The van der Waals surface area contributed by atoms with E-state index in [2.05, 4.69) is 23.8 Å². The van der Waals surface area contributed by atoms with Gasteiger partial charge in [-0.2, -0.15) is 0 Å². The standard InChI is InChI=1S/C11H13N3OS/c1-7(2)14-6-12-4-9(14)11-13-5-10(16-11)8(3)15/h4-7H,1-3H3. The van der Waals surface area contributed by atoms with E-state index >= 15 is 0 Å². The average Bonchev–Trinajstić information content (AvgIpc) is 2.86. The Hall–Kier alpha value is -1.49. The first-order chi connectivity index (χ1) is 7.59. The predicted molar refractivity (Wildman–Crippen MR) is 63.7 cm³/mol. The van der Waals surface area contributed by atoms with E-state index in [9.17, 15) is 4.79 Å². The van der Waals surface area contributed by atoms with Crippen LogP contribution in [0.5, 0.6) is 0 Å². The van der Waals surface area contributed by atoms with Gasteiger partial charge in [-0.1, -0.05) is 0 Å². The lowest BCUT2D eigenvalue weighted by molar-refractivity contribution is 0.102. The van der Waals surface area contributed by atoms with E-state index in [0.717, 1.165) is 10.7 Å². The van der Waals surface area contributed by atoms with Crippen molar-refractivity contribution < 1.29 is 4.79 Å². The summed E-state index contributed by atoms with van der Waals surface area (Å²) in [4.78, 5) is 20.3. The third-order valence-corrected chi connectivity index (χ3v) is 3.41. The van der Waals surface area contributed by atoms with Gasteiger partial charge >= 0.3 is 0 Å². The van der Waals surface area contributed by atoms with Crippen LogP contribution in [0.2, 0.25) is 0 Å². The molecule has 0 aromatic carbocycles. The molecular weight excluding hydrogens is 222 g/mol. The van der Waals surface area contributed by atoms with Crippen molar-refractivity contribution in [3.05, 3.63) is 23.6 Å². The minimum absolute atomic E-state index is 0.0550. The number of thiazole rings is 1. The highest BCUT2D eigenvalue weighted by Crippen LogP contribution is 2.26. The molecule has 0 radical (unpaired) electrons. The molecule has 2 aromatic rings. The zero-order valence-electron chi connectivity index (χ0n) is 9.47. The highest BCUT2D eigenvalue weighted by atomic mass is 32.1. The van der Waals surface area contributed by atoms with Crippen molar-refractivity contribution in [3.63, 3.8) is 0 Å². The molecule has 0 N–H and O–H groups in total. The number of ketones is 1. The second-order valence-corrected chi connectivity index (χ2v) is 4.90. The molecule has 0 aliphatic rings. The van der Waals surface area contributed by atoms with Crippen molar-refractivity contribution in [3.8, 4) is 10.7 Å². The van der Waals surface area contributed by atoms with Crippen LogP contribution < -0.4 is 0 Å². The largest absolute Gasteiger partial charge is 0.326 e. The van der Waals surface area contributed by atoms with E-state index in [1.807, 2.05) is 4.57 Å². The number of carbonyl (C=O) groups is 1. The minimum atomic E-state index is 0.0550. The maximum Gasteiger partial charge on any atom is 0.171 e. The minimum Gasteiger partial charge on any atom is -0.326 e. The number of nitrogens with zero attached hydrogens (tertiary/aromatic N) is 3. The smallest absolute Gasteiger partial charge is 0.171 e. The van der Waals surface area contributed by atoms with Crippen LogP contribution in [-0.2, 0) is 0 Å². The summed E-state index contributed by atoms with van der Waals surface area (Å²) >= 11 is 1.41. The summed E-state index contributed by atoms with van der Waals surface area (Å²) in [6, 6.07) is 0.335. The van der Waals surface area contributed by atoms with Gasteiger partial charge in [0.15, 0.2) is 5.78 Å². The summed E-state index contributed by atoms with van der Waals surface area (Å²) < 4.78 is 2.04. The Bertz CT molecular complexity index is 513. The second kappa shape index (κ2) is 4.17. The fraction of sp³-hybridized carbons (Fsp3) is 0.364. The highest BCUT2D eigenvalue weighted by molar-refractivity contribution is 7.16. The molecule has 4 nitrogen and oxygen atoms in total. The van der Waals surface area contributed by atoms with Gasteiger partial charge in [0.05, 0.1) is 23.1 Å². The molecule has 5 heteroatoms. The molecule has 0 spiro atoms. The summed E-state index contributed by atoms with van der Waals surface area (Å²) in [6.45, 7) is 5.73. The molecular formula is C11H13N3OS. The molecule has 0 amide bonds. The molecule has 16 heavy (non-hydrogen) atoms. The molecule has 84 valence electrons. The first-order valence-electron chi connectivity index (χ1n) is 5.08. The second-order valence-electron chi connectivity index (χ2n) is 3.87. The van der Waals surface area contributed by atoms with Crippen LogP contribution in [0.3, 0.4) is 0 Å². The van der Waals surface area contributed by atoms with Gasteiger partial charge in [0.25, 0.3) is 0 Å². The van der Waals surface area contributed by atoms with Crippen LogP contribution >= 0.6 is 11.3 Å². The van der Waals surface area contributed by atoms with Crippen LogP contribution in [0.1, 0.15) is 36.5 Å². The quantitative estimate of drug-likeness (QED) is 0.768. The van der Waals surface area contributed by atoms with Crippen LogP contribution in [-0.4, -0.2) is 20.3 Å². The van der Waals surface area contributed by atoms with Gasteiger partial charge in [-0.15, -0.1) is 11.3 Å². The Kier molecular flexibility index (Phi) is 2.87. The average molecular weight is 235 g/mol. The number of Topliss-reactive ketones (excluding diaryl/α,β-unsaturated/α-hetero) is 1. The number of carbonyl (C=O) groups excluding carboxylic acids is 1. The number of aromatic nitrogens is 3. The van der Waals surface area contributed by atoms with Gasteiger partial charge in [0, 0.05) is 19.2 Å². The van der Waals surface area contributed by atoms with Crippen LogP contribution in [0.25, 0.3) is 10.7 Å². The fourth-order valence-electron chi connectivity index (χ4n) is 1.44.